The van der Waals surface area contributed by atoms with Crippen LogP contribution in [0.1, 0.15) is 5.56 Å². The highest BCUT2D eigenvalue weighted by atomic mass is 79.9. The van der Waals surface area contributed by atoms with Gasteiger partial charge >= 0.3 is 0 Å². The highest BCUT2D eigenvalue weighted by Crippen LogP contribution is 2.29. The van der Waals surface area contributed by atoms with E-state index in [0.29, 0.717) is 0 Å². The molecule has 0 saturated carbocycles. The van der Waals surface area contributed by atoms with Crippen molar-refractivity contribution in [2.45, 2.75) is 6.61 Å². The zero-order chi connectivity index (χ0) is 12.5. The molecule has 0 atom stereocenters. The van der Waals surface area contributed by atoms with Crippen molar-refractivity contribution in [2.75, 3.05) is 0 Å². The van der Waals surface area contributed by atoms with Crippen molar-refractivity contribution < 1.29 is 5.11 Å². The Morgan fingerprint density at radius 2 is 2.11 bits per heavy atom. The summed E-state index contributed by atoms with van der Waals surface area (Å²) in [6.07, 6.45) is 5.33. The molecule has 0 fully saturated rings. The van der Waals surface area contributed by atoms with Crippen molar-refractivity contribution in [1.82, 2.24) is 15.0 Å². The molecule has 0 radical (unpaired) electrons. The Morgan fingerprint density at radius 3 is 2.83 bits per heavy atom. The van der Waals surface area contributed by atoms with E-state index in [2.05, 4.69) is 30.9 Å². The molecule has 18 heavy (non-hydrogen) atoms. The van der Waals surface area contributed by atoms with Gasteiger partial charge in [-0.3, -0.25) is 0 Å². The Morgan fingerprint density at radius 1 is 1.22 bits per heavy atom. The van der Waals surface area contributed by atoms with Gasteiger partial charge in [0, 0.05) is 35.1 Å². The summed E-state index contributed by atoms with van der Waals surface area (Å²) in [5.41, 5.74) is 3.64. The lowest BCUT2D eigenvalue weighted by molar-refractivity contribution is 0.283. The number of aromatic nitrogens is 3. The van der Waals surface area contributed by atoms with Crippen molar-refractivity contribution in [1.29, 1.82) is 0 Å². The minimum Gasteiger partial charge on any atom is -0.392 e. The van der Waals surface area contributed by atoms with Crippen molar-refractivity contribution in [3.63, 3.8) is 0 Å². The number of H-pyrrole nitrogens is 1. The van der Waals surface area contributed by atoms with Gasteiger partial charge in [-0.05, 0) is 33.6 Å². The molecule has 90 valence electrons. The van der Waals surface area contributed by atoms with Gasteiger partial charge in [-0.15, -0.1) is 0 Å². The molecule has 0 spiro atoms. The number of hydrogen-bond acceptors (Lipinski definition) is 3. The summed E-state index contributed by atoms with van der Waals surface area (Å²) in [4.78, 5) is 11.5. The average Bonchev–Trinajstić information content (AvgIpc) is 2.82. The van der Waals surface area contributed by atoms with Crippen LogP contribution in [-0.4, -0.2) is 20.1 Å². The predicted octanol–water partition coefficient (Wildman–Crippen LogP) is 2.88. The Bertz CT molecular complexity index is 691. The Balaban J connectivity index is 2.28. The van der Waals surface area contributed by atoms with Gasteiger partial charge in [0.05, 0.1) is 6.61 Å². The molecule has 4 nitrogen and oxygen atoms in total. The first-order valence-corrected chi connectivity index (χ1v) is 6.26. The molecular weight excluding hydrogens is 294 g/mol. The number of aliphatic hydroxyl groups excluding tert-OH is 1. The molecule has 0 unspecified atom stereocenters. The number of halogens is 1. The Hall–Kier alpha value is -1.72. The van der Waals surface area contributed by atoms with Gasteiger partial charge in [-0.25, -0.2) is 9.97 Å². The maximum Gasteiger partial charge on any atom is 0.138 e. The summed E-state index contributed by atoms with van der Waals surface area (Å²) in [5, 5.41) is 10.3. The van der Waals surface area contributed by atoms with Crippen molar-refractivity contribution in [3.05, 3.63) is 47.0 Å². The van der Waals surface area contributed by atoms with E-state index < -0.39 is 0 Å². The standard InChI is InChI=1S/C13H10BrN3O/c14-11-2-1-8(5-16-11)10-3-4-15-13-12(10)9(7-18)6-17-13/h1-6,18H,7H2,(H,15,17). The molecule has 0 amide bonds. The number of nitrogens with one attached hydrogen (secondary N) is 1. The SMILES string of the molecule is OCc1c[nH]c2nccc(-c3ccc(Br)nc3)c12. The first-order valence-electron chi connectivity index (χ1n) is 5.47. The van der Waals surface area contributed by atoms with E-state index in [0.717, 1.165) is 32.3 Å². The van der Waals surface area contributed by atoms with Crippen LogP contribution >= 0.6 is 15.9 Å². The molecule has 3 aromatic heterocycles. The van der Waals surface area contributed by atoms with Gasteiger partial charge in [-0.2, -0.15) is 0 Å². The second-order valence-corrected chi connectivity index (χ2v) is 4.74. The van der Waals surface area contributed by atoms with Crippen LogP contribution in [-0.2, 0) is 6.61 Å². The fourth-order valence-electron chi connectivity index (χ4n) is 2.02. The zero-order valence-electron chi connectivity index (χ0n) is 9.39. The van der Waals surface area contributed by atoms with Gasteiger partial charge in [0.15, 0.2) is 0 Å². The second-order valence-electron chi connectivity index (χ2n) is 3.92. The number of rotatable bonds is 2. The first kappa shape index (κ1) is 11.4. The third-order valence-corrected chi connectivity index (χ3v) is 3.33. The molecule has 0 aliphatic carbocycles. The fraction of sp³-hybridized carbons (Fsp3) is 0.0769. The minimum absolute atomic E-state index is 0.0113. The summed E-state index contributed by atoms with van der Waals surface area (Å²) in [6, 6.07) is 5.81. The maximum absolute atomic E-state index is 9.37. The van der Waals surface area contributed by atoms with Crippen LogP contribution in [0.4, 0.5) is 0 Å². The van der Waals surface area contributed by atoms with Gasteiger partial charge in [0.2, 0.25) is 0 Å². The molecule has 3 rings (SSSR count). The van der Waals surface area contributed by atoms with Crippen LogP contribution in [0.25, 0.3) is 22.2 Å². The highest BCUT2D eigenvalue weighted by molar-refractivity contribution is 9.10. The summed E-state index contributed by atoms with van der Waals surface area (Å²) in [7, 11) is 0. The van der Waals surface area contributed by atoms with E-state index in [1.165, 1.54) is 0 Å². The normalized spacial score (nSPS) is 11.0. The molecule has 2 N–H and O–H groups in total. The van der Waals surface area contributed by atoms with Gasteiger partial charge in [0.1, 0.15) is 10.3 Å². The summed E-state index contributed by atoms with van der Waals surface area (Å²) in [5.74, 6) is 0. The fourth-order valence-corrected chi connectivity index (χ4v) is 2.26. The predicted molar refractivity (Wildman–Crippen MR) is 72.9 cm³/mol. The second kappa shape index (κ2) is 4.51. The topological polar surface area (TPSA) is 61.8 Å². The summed E-state index contributed by atoms with van der Waals surface area (Å²) in [6.45, 7) is -0.0113. The highest BCUT2D eigenvalue weighted by Gasteiger charge is 2.10. The van der Waals surface area contributed by atoms with Crippen molar-refractivity contribution in [3.8, 4) is 11.1 Å². The summed E-state index contributed by atoms with van der Waals surface area (Å²) >= 11 is 3.32. The van der Waals surface area contributed by atoms with E-state index in [9.17, 15) is 5.11 Å². The smallest absolute Gasteiger partial charge is 0.138 e. The molecule has 3 heterocycles. The average molecular weight is 304 g/mol. The monoisotopic (exact) mass is 303 g/mol. The number of fused-ring (bicyclic) bond motifs is 1. The van der Waals surface area contributed by atoms with E-state index in [1.807, 2.05) is 18.2 Å². The van der Waals surface area contributed by atoms with Crippen molar-refractivity contribution in [2.24, 2.45) is 0 Å². The third kappa shape index (κ3) is 1.81. The van der Waals surface area contributed by atoms with Crippen LogP contribution < -0.4 is 0 Å². The molecule has 0 saturated heterocycles. The minimum atomic E-state index is -0.0113. The number of hydrogen-bond donors (Lipinski definition) is 2. The number of aliphatic hydroxyl groups is 1. The molecule has 0 aliphatic rings. The first-order chi connectivity index (χ1) is 8.79. The van der Waals surface area contributed by atoms with Crippen LogP contribution in [0.5, 0.6) is 0 Å². The Labute approximate surface area is 112 Å². The third-order valence-electron chi connectivity index (χ3n) is 2.86. The number of pyridine rings is 2. The van der Waals surface area contributed by atoms with Crippen LogP contribution in [0.3, 0.4) is 0 Å². The van der Waals surface area contributed by atoms with Crippen LogP contribution in [0.15, 0.2) is 41.4 Å². The van der Waals surface area contributed by atoms with E-state index in [-0.39, 0.29) is 6.61 Å². The van der Waals surface area contributed by atoms with E-state index in [4.69, 9.17) is 0 Å². The number of aromatic amines is 1. The van der Waals surface area contributed by atoms with Gasteiger partial charge in [-0.1, -0.05) is 6.07 Å². The largest absolute Gasteiger partial charge is 0.392 e. The molecule has 0 aliphatic heterocycles. The lowest BCUT2D eigenvalue weighted by atomic mass is 10.0. The van der Waals surface area contributed by atoms with Gasteiger partial charge < -0.3 is 10.1 Å². The lowest BCUT2D eigenvalue weighted by Crippen LogP contribution is -1.87. The number of nitrogens with zero attached hydrogens (tertiary/aromatic N) is 2. The quantitative estimate of drug-likeness (QED) is 0.716. The summed E-state index contributed by atoms with van der Waals surface area (Å²) < 4.78 is 0.799. The van der Waals surface area contributed by atoms with E-state index in [1.54, 1.807) is 18.6 Å². The van der Waals surface area contributed by atoms with Crippen molar-refractivity contribution >= 4 is 27.0 Å². The molecular formula is C13H10BrN3O. The molecule has 0 aromatic carbocycles. The Kier molecular flexibility index (Phi) is 2.85. The van der Waals surface area contributed by atoms with E-state index >= 15 is 0 Å². The lowest BCUT2D eigenvalue weighted by Gasteiger charge is -2.04. The van der Waals surface area contributed by atoms with Crippen LogP contribution in [0.2, 0.25) is 0 Å². The molecule has 5 heteroatoms. The zero-order valence-corrected chi connectivity index (χ0v) is 11.0. The molecule has 3 aromatic rings. The maximum atomic E-state index is 9.37. The van der Waals surface area contributed by atoms with Crippen LogP contribution in [0, 0.1) is 0 Å². The molecule has 0 bridgehead atoms. The van der Waals surface area contributed by atoms with Gasteiger partial charge in [0.25, 0.3) is 0 Å².